The van der Waals surface area contributed by atoms with Gasteiger partial charge in [-0.25, -0.2) is 9.97 Å². The average molecular weight is 311 g/mol. The van der Waals surface area contributed by atoms with Gasteiger partial charge < -0.3 is 0 Å². The lowest BCUT2D eigenvalue weighted by Crippen LogP contribution is -2.41. The van der Waals surface area contributed by atoms with Crippen LogP contribution in [0.3, 0.4) is 0 Å². The zero-order valence-corrected chi connectivity index (χ0v) is 11.9. The predicted octanol–water partition coefficient (Wildman–Crippen LogP) is 2.57. The van der Waals surface area contributed by atoms with Gasteiger partial charge in [-0.1, -0.05) is 0 Å². The first-order valence-electron chi connectivity index (χ1n) is 6.76. The summed E-state index contributed by atoms with van der Waals surface area (Å²) in [5.41, 5.74) is 0.498. The topological polar surface area (TPSA) is 53.7 Å². The van der Waals surface area contributed by atoms with Crippen molar-refractivity contribution in [1.29, 1.82) is 0 Å². The van der Waals surface area contributed by atoms with Crippen LogP contribution in [0.2, 0.25) is 0 Å². The molecule has 0 bridgehead atoms. The number of rotatable bonds is 5. The van der Waals surface area contributed by atoms with E-state index in [4.69, 9.17) is 0 Å². The number of allylic oxidation sites excluding steroid dienone is 1. The van der Waals surface area contributed by atoms with Crippen molar-refractivity contribution in [3.63, 3.8) is 0 Å². The lowest BCUT2D eigenvalue weighted by atomic mass is 10.2. The van der Waals surface area contributed by atoms with E-state index in [0.717, 1.165) is 0 Å². The van der Waals surface area contributed by atoms with Crippen LogP contribution in [0.5, 0.6) is 0 Å². The largest absolute Gasteiger partial charge is 0.404 e. The van der Waals surface area contributed by atoms with Crippen molar-refractivity contribution in [2.45, 2.75) is 25.1 Å². The summed E-state index contributed by atoms with van der Waals surface area (Å²) < 4.78 is 38.5. The maximum Gasteiger partial charge on any atom is 0.404 e. The van der Waals surface area contributed by atoms with E-state index in [0.29, 0.717) is 24.4 Å². The second-order valence-corrected chi connectivity index (χ2v) is 4.80. The van der Waals surface area contributed by atoms with E-state index in [9.17, 15) is 13.2 Å². The number of hydrogen-bond donors (Lipinski definition) is 0. The van der Waals surface area contributed by atoms with Crippen LogP contribution in [0.25, 0.3) is 5.57 Å². The molecule has 0 aliphatic carbocycles. The van der Waals surface area contributed by atoms with Gasteiger partial charge >= 0.3 is 6.18 Å². The maximum absolute atomic E-state index is 12.8. The Labute approximate surface area is 126 Å². The molecule has 22 heavy (non-hydrogen) atoms. The number of hydrogen-bond acceptors (Lipinski definition) is 5. The van der Waals surface area contributed by atoms with Crippen molar-refractivity contribution in [2.75, 3.05) is 13.2 Å². The van der Waals surface area contributed by atoms with E-state index < -0.39 is 12.2 Å². The van der Waals surface area contributed by atoms with Gasteiger partial charge in [-0.05, 0) is 25.6 Å². The van der Waals surface area contributed by atoms with E-state index in [1.165, 1.54) is 17.3 Å². The maximum atomic E-state index is 12.8. The Kier molecular flexibility index (Phi) is 5.37. The SMILES string of the molecule is C=N/C=C(\C=N/CN1CCC[C@H]1C(F)(F)F)c1ncccn1. The molecule has 1 aliphatic heterocycles. The Balaban J connectivity index is 2.04. The molecule has 0 unspecified atom stereocenters. The molecule has 118 valence electrons. The quantitative estimate of drug-likeness (QED) is 0.785. The normalized spacial score (nSPS) is 20.7. The molecule has 1 saturated heterocycles. The van der Waals surface area contributed by atoms with Crippen molar-refractivity contribution in [3.05, 3.63) is 30.5 Å². The summed E-state index contributed by atoms with van der Waals surface area (Å²) >= 11 is 0. The van der Waals surface area contributed by atoms with Crippen molar-refractivity contribution in [3.8, 4) is 0 Å². The van der Waals surface area contributed by atoms with E-state index in [-0.39, 0.29) is 13.1 Å². The van der Waals surface area contributed by atoms with Crippen LogP contribution in [-0.4, -0.2) is 53.2 Å². The van der Waals surface area contributed by atoms with Crippen LogP contribution in [0.15, 0.2) is 34.6 Å². The molecule has 1 aliphatic rings. The summed E-state index contributed by atoms with van der Waals surface area (Å²) in [7, 11) is 0. The number of nitrogens with zero attached hydrogens (tertiary/aromatic N) is 5. The van der Waals surface area contributed by atoms with Crippen LogP contribution in [-0.2, 0) is 0 Å². The third-order valence-electron chi connectivity index (χ3n) is 3.29. The number of alkyl halides is 3. The number of likely N-dealkylation sites (tertiary alicyclic amines) is 1. The van der Waals surface area contributed by atoms with Gasteiger partial charge in [0, 0.05) is 31.4 Å². The molecule has 2 heterocycles. The summed E-state index contributed by atoms with van der Waals surface area (Å²) in [4.78, 5) is 17.1. The summed E-state index contributed by atoms with van der Waals surface area (Å²) in [5, 5.41) is 0. The minimum atomic E-state index is -4.21. The van der Waals surface area contributed by atoms with E-state index >= 15 is 0 Å². The van der Waals surface area contributed by atoms with Gasteiger partial charge in [0.15, 0.2) is 5.82 Å². The lowest BCUT2D eigenvalue weighted by molar-refractivity contribution is -0.175. The molecule has 0 amide bonds. The van der Waals surface area contributed by atoms with Crippen LogP contribution < -0.4 is 0 Å². The first-order chi connectivity index (χ1) is 10.5. The van der Waals surface area contributed by atoms with E-state index in [2.05, 4.69) is 26.7 Å². The Morgan fingerprint density at radius 3 is 2.77 bits per heavy atom. The molecule has 0 spiro atoms. The summed E-state index contributed by atoms with van der Waals surface area (Å²) in [6.07, 6.45) is 2.41. The average Bonchev–Trinajstić information content (AvgIpc) is 2.96. The summed E-state index contributed by atoms with van der Waals surface area (Å²) in [6.45, 7) is 3.72. The fourth-order valence-electron chi connectivity index (χ4n) is 2.31. The van der Waals surface area contributed by atoms with Crippen LogP contribution >= 0.6 is 0 Å². The first-order valence-corrected chi connectivity index (χ1v) is 6.76. The van der Waals surface area contributed by atoms with Gasteiger partial charge in [-0.2, -0.15) is 13.2 Å². The molecule has 1 fully saturated rings. The van der Waals surface area contributed by atoms with Crippen molar-refractivity contribution in [2.24, 2.45) is 9.98 Å². The molecule has 1 aromatic rings. The Morgan fingerprint density at radius 2 is 2.14 bits per heavy atom. The van der Waals surface area contributed by atoms with Gasteiger partial charge in [-0.3, -0.25) is 14.9 Å². The van der Waals surface area contributed by atoms with E-state index in [1.807, 2.05) is 0 Å². The highest BCUT2D eigenvalue weighted by Gasteiger charge is 2.45. The smallest absolute Gasteiger partial charge is 0.277 e. The molecule has 0 radical (unpaired) electrons. The molecule has 0 saturated carbocycles. The molecular formula is C14H16F3N5. The number of aromatic nitrogens is 2. The summed E-state index contributed by atoms with van der Waals surface area (Å²) in [6, 6.07) is 0.250. The van der Waals surface area contributed by atoms with Crippen LogP contribution in [0, 0.1) is 0 Å². The van der Waals surface area contributed by atoms with Crippen LogP contribution in [0.1, 0.15) is 18.7 Å². The van der Waals surface area contributed by atoms with Gasteiger partial charge in [0.25, 0.3) is 0 Å². The fourth-order valence-corrected chi connectivity index (χ4v) is 2.31. The molecule has 0 aromatic carbocycles. The number of halogens is 3. The molecule has 0 N–H and O–H groups in total. The second kappa shape index (κ2) is 7.26. The minimum Gasteiger partial charge on any atom is -0.277 e. The van der Waals surface area contributed by atoms with Gasteiger partial charge in [0.1, 0.15) is 6.04 Å². The van der Waals surface area contributed by atoms with Crippen LogP contribution in [0.4, 0.5) is 13.2 Å². The Morgan fingerprint density at radius 1 is 1.41 bits per heavy atom. The van der Waals surface area contributed by atoms with Crippen molar-refractivity contribution < 1.29 is 13.2 Å². The Hall–Kier alpha value is -2.09. The fraction of sp³-hybridized carbons (Fsp3) is 0.429. The number of aliphatic imine (C=N–C) groups is 2. The Bertz CT molecular complexity index is 553. The van der Waals surface area contributed by atoms with E-state index in [1.54, 1.807) is 18.5 Å². The second-order valence-electron chi connectivity index (χ2n) is 4.80. The third-order valence-corrected chi connectivity index (χ3v) is 3.29. The highest BCUT2D eigenvalue weighted by molar-refractivity contribution is 6.08. The zero-order chi connectivity index (χ0) is 16.0. The third kappa shape index (κ3) is 4.20. The molecule has 8 heteroatoms. The highest BCUT2D eigenvalue weighted by Crippen LogP contribution is 2.32. The molecule has 1 aromatic heterocycles. The lowest BCUT2D eigenvalue weighted by Gasteiger charge is -2.24. The molecule has 2 rings (SSSR count). The monoisotopic (exact) mass is 311 g/mol. The van der Waals surface area contributed by atoms with Crippen molar-refractivity contribution in [1.82, 2.24) is 14.9 Å². The highest BCUT2D eigenvalue weighted by atomic mass is 19.4. The molecule has 5 nitrogen and oxygen atoms in total. The predicted molar refractivity (Wildman–Crippen MR) is 78.7 cm³/mol. The zero-order valence-electron chi connectivity index (χ0n) is 11.9. The van der Waals surface area contributed by atoms with Gasteiger partial charge in [-0.15, -0.1) is 0 Å². The van der Waals surface area contributed by atoms with Gasteiger partial charge in [0.05, 0.1) is 12.2 Å². The minimum absolute atomic E-state index is 0.0223. The van der Waals surface area contributed by atoms with Crippen molar-refractivity contribution >= 4 is 18.5 Å². The molecular weight excluding hydrogens is 295 g/mol. The van der Waals surface area contributed by atoms with Gasteiger partial charge in [0.2, 0.25) is 0 Å². The summed E-state index contributed by atoms with van der Waals surface area (Å²) in [5.74, 6) is 0.396. The standard InChI is InChI=1S/C14H16F3N5/c1-18-8-11(13-20-5-3-6-21-13)9-19-10-22-7-2-4-12(22)14(15,16)17/h3,5-6,8-9,12H,1-2,4,7,10H2/b11-8+,19-9-/t12-/m0/s1. The first kappa shape index (κ1) is 16.3. The molecule has 1 atom stereocenters.